The van der Waals surface area contributed by atoms with E-state index in [1.165, 1.54) is 11.3 Å². The van der Waals surface area contributed by atoms with E-state index in [2.05, 4.69) is 9.97 Å². The van der Waals surface area contributed by atoms with E-state index in [0.29, 0.717) is 21.1 Å². The number of thiophene rings is 1. The number of hydrogen-bond acceptors (Lipinski definition) is 6. The number of aromatic nitrogens is 2. The zero-order valence-corrected chi connectivity index (χ0v) is 13.7. The molecule has 118 valence electrons. The summed E-state index contributed by atoms with van der Waals surface area (Å²) in [5.74, 6) is -0.399. The Labute approximate surface area is 139 Å². The van der Waals surface area contributed by atoms with Crippen molar-refractivity contribution in [1.82, 2.24) is 9.97 Å². The lowest BCUT2D eigenvalue weighted by molar-refractivity contribution is -0.133. The zero-order valence-electron chi connectivity index (χ0n) is 12.0. The third-order valence-corrected chi connectivity index (χ3v) is 4.87. The quantitative estimate of drug-likeness (QED) is 0.544. The van der Waals surface area contributed by atoms with Crippen LogP contribution in [0, 0.1) is 0 Å². The minimum Gasteiger partial charge on any atom is -0.497 e. The summed E-state index contributed by atoms with van der Waals surface area (Å²) in [5, 5.41) is 11.4. The molecule has 0 saturated carbocycles. The monoisotopic (exact) mass is 348 g/mol. The van der Waals surface area contributed by atoms with Crippen LogP contribution < -0.4 is 10.3 Å². The molecule has 0 aliphatic rings. The highest BCUT2D eigenvalue weighted by molar-refractivity contribution is 7.99. The van der Waals surface area contributed by atoms with Crippen LogP contribution in [0.15, 0.2) is 39.6 Å². The summed E-state index contributed by atoms with van der Waals surface area (Å²) in [6, 6.07) is 7.45. The van der Waals surface area contributed by atoms with Gasteiger partial charge < -0.3 is 14.8 Å². The number of carboxylic acids is 1. The van der Waals surface area contributed by atoms with Crippen molar-refractivity contribution in [3.05, 3.63) is 40.0 Å². The molecule has 0 atom stereocenters. The van der Waals surface area contributed by atoms with Crippen LogP contribution in [0.5, 0.6) is 5.75 Å². The largest absolute Gasteiger partial charge is 0.497 e. The molecule has 2 heterocycles. The van der Waals surface area contributed by atoms with E-state index in [9.17, 15) is 9.59 Å². The number of methoxy groups -OCH3 is 1. The molecule has 2 aromatic heterocycles. The molecule has 0 amide bonds. The van der Waals surface area contributed by atoms with Gasteiger partial charge in [0.1, 0.15) is 10.6 Å². The lowest BCUT2D eigenvalue weighted by Crippen LogP contribution is -2.09. The molecule has 3 rings (SSSR count). The molecule has 1 aromatic carbocycles. The van der Waals surface area contributed by atoms with Crippen LogP contribution in [-0.2, 0) is 4.79 Å². The minimum absolute atomic E-state index is 0.150. The Balaban J connectivity index is 2.07. The fourth-order valence-corrected chi connectivity index (χ4v) is 3.72. The first kappa shape index (κ1) is 15.6. The van der Waals surface area contributed by atoms with Crippen LogP contribution in [0.25, 0.3) is 21.3 Å². The molecular weight excluding hydrogens is 336 g/mol. The topological polar surface area (TPSA) is 92.3 Å². The van der Waals surface area contributed by atoms with Gasteiger partial charge in [0.25, 0.3) is 5.56 Å². The number of benzene rings is 1. The minimum atomic E-state index is -0.957. The van der Waals surface area contributed by atoms with Crippen molar-refractivity contribution in [3.8, 4) is 16.9 Å². The van der Waals surface area contributed by atoms with Gasteiger partial charge in [-0.15, -0.1) is 11.3 Å². The molecule has 0 aliphatic heterocycles. The lowest BCUT2D eigenvalue weighted by atomic mass is 10.1. The third kappa shape index (κ3) is 3.22. The maximum atomic E-state index is 12.4. The van der Waals surface area contributed by atoms with E-state index >= 15 is 0 Å². The number of aromatic amines is 1. The van der Waals surface area contributed by atoms with Crippen molar-refractivity contribution in [2.45, 2.75) is 5.16 Å². The number of thioether (sulfide) groups is 1. The molecule has 0 aliphatic carbocycles. The summed E-state index contributed by atoms with van der Waals surface area (Å²) < 4.78 is 5.21. The highest BCUT2D eigenvalue weighted by Gasteiger charge is 2.14. The van der Waals surface area contributed by atoms with Crippen molar-refractivity contribution < 1.29 is 14.6 Å². The first-order chi connectivity index (χ1) is 11.1. The fourth-order valence-electron chi connectivity index (χ4n) is 2.13. The van der Waals surface area contributed by atoms with Gasteiger partial charge in [-0.05, 0) is 17.7 Å². The highest BCUT2D eigenvalue weighted by Crippen LogP contribution is 2.33. The molecule has 2 N–H and O–H groups in total. The first-order valence-corrected chi connectivity index (χ1v) is 8.45. The summed E-state index contributed by atoms with van der Waals surface area (Å²) in [7, 11) is 1.59. The Hall–Kier alpha value is -2.32. The molecular formula is C15H12N2O4S2. The normalized spacial score (nSPS) is 10.8. The van der Waals surface area contributed by atoms with E-state index in [0.717, 1.165) is 22.9 Å². The number of H-pyrrole nitrogens is 1. The second kappa shape index (κ2) is 6.43. The van der Waals surface area contributed by atoms with Crippen molar-refractivity contribution >= 4 is 39.3 Å². The second-order valence-corrected chi connectivity index (χ2v) is 6.44. The maximum Gasteiger partial charge on any atom is 0.313 e. The number of hydrogen-bond donors (Lipinski definition) is 2. The SMILES string of the molecule is COc1cccc(-c2csc3nc(SCC(=O)O)[nH]c(=O)c23)c1. The van der Waals surface area contributed by atoms with E-state index in [1.54, 1.807) is 7.11 Å². The van der Waals surface area contributed by atoms with E-state index in [4.69, 9.17) is 9.84 Å². The Bertz CT molecular complexity index is 933. The fraction of sp³-hybridized carbons (Fsp3) is 0.133. The molecule has 0 unspecified atom stereocenters. The van der Waals surface area contributed by atoms with Crippen LogP contribution >= 0.6 is 23.1 Å². The number of nitrogens with zero attached hydrogens (tertiary/aromatic N) is 1. The van der Waals surface area contributed by atoms with Crippen molar-refractivity contribution in [2.24, 2.45) is 0 Å². The first-order valence-electron chi connectivity index (χ1n) is 6.59. The van der Waals surface area contributed by atoms with Crippen LogP contribution in [0.4, 0.5) is 0 Å². The van der Waals surface area contributed by atoms with Gasteiger partial charge in [-0.2, -0.15) is 0 Å². The van der Waals surface area contributed by atoms with Gasteiger partial charge in [-0.1, -0.05) is 23.9 Å². The summed E-state index contributed by atoms with van der Waals surface area (Å²) in [6.07, 6.45) is 0. The molecule has 0 bridgehead atoms. The Kier molecular flexibility index (Phi) is 4.35. The number of carboxylic acid groups (broad SMARTS) is 1. The highest BCUT2D eigenvalue weighted by atomic mass is 32.2. The molecule has 23 heavy (non-hydrogen) atoms. The standard InChI is InChI=1S/C15H12N2O4S2/c1-21-9-4-2-3-8(5-9)10-6-22-14-12(10)13(20)16-15(17-14)23-7-11(18)19/h2-6H,7H2,1H3,(H,18,19)(H,16,17,20). The summed E-state index contributed by atoms with van der Waals surface area (Å²) in [6.45, 7) is 0. The second-order valence-electron chi connectivity index (χ2n) is 4.61. The molecule has 0 spiro atoms. The van der Waals surface area contributed by atoms with Gasteiger partial charge in [0.15, 0.2) is 5.16 Å². The van der Waals surface area contributed by atoms with Crippen LogP contribution in [0.3, 0.4) is 0 Å². The maximum absolute atomic E-state index is 12.4. The van der Waals surface area contributed by atoms with E-state index in [-0.39, 0.29) is 11.3 Å². The molecule has 0 saturated heterocycles. The molecule has 6 nitrogen and oxygen atoms in total. The van der Waals surface area contributed by atoms with Crippen molar-refractivity contribution in [2.75, 3.05) is 12.9 Å². The smallest absolute Gasteiger partial charge is 0.313 e. The predicted octanol–water partition coefficient (Wildman–Crippen LogP) is 2.84. The van der Waals surface area contributed by atoms with Crippen LogP contribution in [0.1, 0.15) is 0 Å². The number of carbonyl (C=O) groups is 1. The van der Waals surface area contributed by atoms with Gasteiger partial charge in [0, 0.05) is 10.9 Å². The number of aliphatic carboxylic acids is 1. The van der Waals surface area contributed by atoms with Gasteiger partial charge in [-0.25, -0.2) is 4.98 Å². The number of nitrogens with one attached hydrogen (secondary N) is 1. The zero-order chi connectivity index (χ0) is 16.4. The van der Waals surface area contributed by atoms with Gasteiger partial charge in [-0.3, -0.25) is 9.59 Å². The van der Waals surface area contributed by atoms with E-state index < -0.39 is 5.97 Å². The third-order valence-electron chi connectivity index (χ3n) is 3.14. The molecule has 0 fully saturated rings. The summed E-state index contributed by atoms with van der Waals surface area (Å²) in [5.41, 5.74) is 1.38. The molecule has 0 radical (unpaired) electrons. The number of rotatable bonds is 5. The summed E-state index contributed by atoms with van der Waals surface area (Å²) >= 11 is 2.34. The Morgan fingerprint density at radius 3 is 3.04 bits per heavy atom. The Morgan fingerprint density at radius 2 is 2.30 bits per heavy atom. The summed E-state index contributed by atoms with van der Waals surface area (Å²) in [4.78, 5) is 30.5. The van der Waals surface area contributed by atoms with Gasteiger partial charge >= 0.3 is 5.97 Å². The number of ether oxygens (including phenoxy) is 1. The van der Waals surface area contributed by atoms with Gasteiger partial charge in [0.2, 0.25) is 0 Å². The average molecular weight is 348 g/mol. The molecule has 8 heteroatoms. The average Bonchev–Trinajstić information content (AvgIpc) is 2.97. The van der Waals surface area contributed by atoms with Gasteiger partial charge in [0.05, 0.1) is 18.2 Å². The number of fused-ring (bicyclic) bond motifs is 1. The lowest BCUT2D eigenvalue weighted by Gasteiger charge is -2.03. The van der Waals surface area contributed by atoms with Crippen molar-refractivity contribution in [3.63, 3.8) is 0 Å². The van der Waals surface area contributed by atoms with Crippen molar-refractivity contribution in [1.29, 1.82) is 0 Å². The molecule has 3 aromatic rings. The predicted molar refractivity (Wildman–Crippen MR) is 90.6 cm³/mol. The van der Waals surface area contributed by atoms with Crippen LogP contribution in [-0.4, -0.2) is 33.9 Å². The Morgan fingerprint density at radius 1 is 1.48 bits per heavy atom. The van der Waals surface area contributed by atoms with Crippen LogP contribution in [0.2, 0.25) is 0 Å². The van der Waals surface area contributed by atoms with E-state index in [1.807, 2.05) is 29.6 Å².